The van der Waals surface area contributed by atoms with E-state index < -0.39 is 21.8 Å². The van der Waals surface area contributed by atoms with Crippen LogP contribution < -0.4 is 34.3 Å². The molecular formula is C20H33NaO6S. The van der Waals surface area contributed by atoms with Crippen LogP contribution in [0.1, 0.15) is 64.9 Å². The average molecular weight is 425 g/mol. The van der Waals surface area contributed by atoms with Crippen molar-refractivity contribution in [1.82, 2.24) is 0 Å². The number of unbranched alkanes of at least 4 members (excludes halogenated alkanes) is 5. The predicted octanol–water partition coefficient (Wildman–Crippen LogP) is 1.24. The summed E-state index contributed by atoms with van der Waals surface area (Å²) in [5.41, 5.74) is 1.15. The van der Waals surface area contributed by atoms with Crippen LogP contribution in [0.3, 0.4) is 0 Å². The maximum Gasteiger partial charge on any atom is 1.00 e. The van der Waals surface area contributed by atoms with Gasteiger partial charge in [0.2, 0.25) is 0 Å². The number of aryl methyl sites for hydroxylation is 1. The van der Waals surface area contributed by atoms with Gasteiger partial charge in [-0.05, 0) is 44.4 Å². The molecule has 0 aromatic heterocycles. The second-order valence-electron chi connectivity index (χ2n) is 6.47. The fraction of sp³-hybridized carbons (Fsp3) is 0.700. The van der Waals surface area contributed by atoms with Crippen molar-refractivity contribution in [2.75, 3.05) is 19.8 Å². The molecule has 0 N–H and O–H groups in total. The predicted molar refractivity (Wildman–Crippen MR) is 105 cm³/mol. The average Bonchev–Trinajstić information content (AvgIpc) is 2.63. The number of rotatable bonds is 15. The van der Waals surface area contributed by atoms with Gasteiger partial charge in [0, 0.05) is 13.2 Å². The molecule has 1 atom stereocenters. The maximum atomic E-state index is 11.8. The molecular weight excluding hydrogens is 391 g/mol. The molecule has 0 bridgehead atoms. The standard InChI is InChI=1S/C20H34O6S.Na/c1-4-7-8-9-10-11-12-18-13-15-19(16-14-18)26-20(25-6-3,17-24-5-2)27(21,22)23;/h13-16H,4-12,17H2,1-3H3,(H,21,22,23);/q;+1/p-1. The molecule has 0 saturated carbocycles. The van der Waals surface area contributed by atoms with Crippen molar-refractivity contribution in [2.45, 2.75) is 70.8 Å². The van der Waals surface area contributed by atoms with Crippen molar-refractivity contribution in [1.29, 1.82) is 0 Å². The zero-order valence-electron chi connectivity index (χ0n) is 17.7. The monoisotopic (exact) mass is 424 g/mol. The molecule has 0 aliphatic heterocycles. The summed E-state index contributed by atoms with van der Waals surface area (Å²) in [5.74, 6) is 0.259. The fourth-order valence-corrected chi connectivity index (χ4v) is 3.44. The Kier molecular flexibility index (Phi) is 14.7. The molecule has 8 heteroatoms. The summed E-state index contributed by atoms with van der Waals surface area (Å²) in [6.07, 6.45) is 8.35. The van der Waals surface area contributed by atoms with Gasteiger partial charge in [0.15, 0.2) is 10.1 Å². The summed E-state index contributed by atoms with van der Waals surface area (Å²) in [7, 11) is -4.91. The van der Waals surface area contributed by atoms with E-state index in [1.807, 2.05) is 12.1 Å². The topological polar surface area (TPSA) is 84.9 Å². The number of ether oxygens (including phenoxy) is 3. The second-order valence-corrected chi connectivity index (χ2v) is 8.00. The maximum absolute atomic E-state index is 11.8. The van der Waals surface area contributed by atoms with Crippen molar-refractivity contribution >= 4 is 10.1 Å². The van der Waals surface area contributed by atoms with Crippen LogP contribution in [0.2, 0.25) is 0 Å². The van der Waals surface area contributed by atoms with Crippen LogP contribution in [0.15, 0.2) is 24.3 Å². The van der Waals surface area contributed by atoms with Gasteiger partial charge in [-0.15, -0.1) is 0 Å². The Morgan fingerprint density at radius 3 is 2.07 bits per heavy atom. The first kappa shape index (κ1) is 27.8. The Hall–Kier alpha value is -0.150. The Bertz CT molecular complexity index is 620. The molecule has 0 spiro atoms. The van der Waals surface area contributed by atoms with Gasteiger partial charge in [0.05, 0.1) is 0 Å². The molecule has 1 aromatic rings. The summed E-state index contributed by atoms with van der Waals surface area (Å²) in [5, 5.41) is -2.38. The summed E-state index contributed by atoms with van der Waals surface area (Å²) in [4.78, 5) is 0. The van der Waals surface area contributed by atoms with E-state index in [1.165, 1.54) is 32.1 Å². The Balaban J connectivity index is 0.00000729. The van der Waals surface area contributed by atoms with E-state index in [9.17, 15) is 13.0 Å². The molecule has 0 heterocycles. The Labute approximate surface area is 192 Å². The van der Waals surface area contributed by atoms with Crippen molar-refractivity contribution in [3.05, 3.63) is 29.8 Å². The van der Waals surface area contributed by atoms with Gasteiger partial charge in [-0.25, -0.2) is 8.42 Å². The molecule has 6 nitrogen and oxygen atoms in total. The van der Waals surface area contributed by atoms with Gasteiger partial charge >= 0.3 is 34.7 Å². The van der Waals surface area contributed by atoms with Crippen molar-refractivity contribution < 1.29 is 56.7 Å². The molecule has 1 rings (SSSR count). The van der Waals surface area contributed by atoms with E-state index >= 15 is 0 Å². The molecule has 156 valence electrons. The molecule has 0 saturated heterocycles. The quantitative estimate of drug-likeness (QED) is 0.182. The largest absolute Gasteiger partial charge is 1.00 e. The first-order valence-corrected chi connectivity index (χ1v) is 11.2. The molecule has 0 aliphatic carbocycles. The Morgan fingerprint density at radius 2 is 1.54 bits per heavy atom. The van der Waals surface area contributed by atoms with Crippen LogP contribution >= 0.6 is 0 Å². The van der Waals surface area contributed by atoms with E-state index in [0.717, 1.165) is 18.4 Å². The molecule has 1 unspecified atom stereocenters. The van der Waals surface area contributed by atoms with Gasteiger partial charge in [-0.3, -0.25) is 0 Å². The van der Waals surface area contributed by atoms with Crippen LogP contribution in [-0.2, 0) is 26.0 Å². The molecule has 0 aliphatic rings. The summed E-state index contributed by atoms with van der Waals surface area (Å²) < 4.78 is 51.2. The third-order valence-corrected chi connectivity index (χ3v) is 5.32. The first-order chi connectivity index (χ1) is 12.9. The van der Waals surface area contributed by atoms with Crippen LogP contribution in [0.5, 0.6) is 5.75 Å². The minimum atomic E-state index is -4.91. The van der Waals surface area contributed by atoms with Crippen LogP contribution in [0, 0.1) is 0 Å². The van der Waals surface area contributed by atoms with E-state index in [4.69, 9.17) is 14.2 Å². The van der Waals surface area contributed by atoms with Crippen molar-refractivity contribution in [2.24, 2.45) is 0 Å². The van der Waals surface area contributed by atoms with Crippen LogP contribution in [0.25, 0.3) is 0 Å². The van der Waals surface area contributed by atoms with Gasteiger partial charge < -0.3 is 18.8 Å². The third-order valence-electron chi connectivity index (χ3n) is 4.24. The van der Waals surface area contributed by atoms with Gasteiger partial charge in [0.1, 0.15) is 12.4 Å². The van der Waals surface area contributed by atoms with E-state index in [2.05, 4.69) is 6.92 Å². The molecule has 28 heavy (non-hydrogen) atoms. The fourth-order valence-electron chi connectivity index (χ4n) is 2.76. The molecule has 0 fully saturated rings. The van der Waals surface area contributed by atoms with Crippen LogP contribution in [0.4, 0.5) is 0 Å². The van der Waals surface area contributed by atoms with Gasteiger partial charge in [-0.2, -0.15) is 0 Å². The van der Waals surface area contributed by atoms with Crippen molar-refractivity contribution in [3.8, 4) is 5.75 Å². The SMILES string of the molecule is CCCCCCCCc1ccc(OC(COCC)(OCC)S(=O)(=O)[O-])cc1.[Na+]. The molecule has 1 aromatic carbocycles. The van der Waals surface area contributed by atoms with E-state index in [-0.39, 0.29) is 48.5 Å². The zero-order chi connectivity index (χ0) is 20.2. The Morgan fingerprint density at radius 1 is 0.929 bits per heavy atom. The third kappa shape index (κ3) is 9.57. The summed E-state index contributed by atoms with van der Waals surface area (Å²) >= 11 is 0. The molecule has 0 radical (unpaired) electrons. The van der Waals surface area contributed by atoms with Crippen molar-refractivity contribution in [3.63, 3.8) is 0 Å². The molecule has 0 amide bonds. The normalized spacial score (nSPS) is 13.6. The second kappa shape index (κ2) is 14.8. The summed E-state index contributed by atoms with van der Waals surface area (Å²) in [6, 6.07) is 7.10. The summed E-state index contributed by atoms with van der Waals surface area (Å²) in [6.45, 7) is 5.26. The van der Waals surface area contributed by atoms with E-state index in [0.29, 0.717) is 0 Å². The smallest absolute Gasteiger partial charge is 0.743 e. The van der Waals surface area contributed by atoms with E-state index in [1.54, 1.807) is 26.0 Å². The number of hydrogen-bond acceptors (Lipinski definition) is 6. The van der Waals surface area contributed by atoms with Gasteiger partial charge in [-0.1, -0.05) is 51.2 Å². The van der Waals surface area contributed by atoms with Gasteiger partial charge in [0.25, 0.3) is 0 Å². The number of hydrogen-bond donors (Lipinski definition) is 0. The zero-order valence-corrected chi connectivity index (χ0v) is 20.6. The minimum absolute atomic E-state index is 0. The number of benzene rings is 1. The van der Waals surface area contributed by atoms with Crippen LogP contribution in [-0.4, -0.2) is 37.9 Å². The first-order valence-electron chi connectivity index (χ1n) is 9.83. The minimum Gasteiger partial charge on any atom is -0.743 e.